The molecule has 1 amide bonds. The number of nitrogens with zero attached hydrogens (tertiary/aromatic N) is 2. The fraction of sp³-hybridized carbons (Fsp3) is 0.471. The molecule has 22 heavy (non-hydrogen) atoms. The molecular weight excluding hydrogens is 278 g/mol. The lowest BCUT2D eigenvalue weighted by atomic mass is 9.96. The molecule has 2 heterocycles. The summed E-state index contributed by atoms with van der Waals surface area (Å²) in [6.07, 6.45) is 11.7. The van der Waals surface area contributed by atoms with Crippen molar-refractivity contribution in [3.63, 3.8) is 0 Å². The van der Waals surface area contributed by atoms with E-state index in [0.717, 1.165) is 18.4 Å². The summed E-state index contributed by atoms with van der Waals surface area (Å²) in [5.74, 6) is 0.417. The van der Waals surface area contributed by atoms with Crippen LogP contribution < -0.4 is 5.32 Å². The molecule has 0 atom stereocenters. The molecule has 0 aliphatic heterocycles. The number of carbonyl (C=O) groups excluding carboxylic acids is 1. The van der Waals surface area contributed by atoms with Gasteiger partial charge in [0, 0.05) is 30.1 Å². The monoisotopic (exact) mass is 299 g/mol. The largest absolute Gasteiger partial charge is 0.355 e. The zero-order valence-corrected chi connectivity index (χ0v) is 12.6. The van der Waals surface area contributed by atoms with E-state index in [9.17, 15) is 4.79 Å². The Morgan fingerprint density at radius 2 is 1.95 bits per heavy atom. The summed E-state index contributed by atoms with van der Waals surface area (Å²) in [6.45, 7) is 0. The van der Waals surface area contributed by atoms with Gasteiger partial charge in [-0.05, 0) is 25.0 Å². The number of aromatic nitrogens is 2. The van der Waals surface area contributed by atoms with E-state index in [1.807, 2.05) is 12.1 Å². The molecule has 116 valence electrons. The van der Waals surface area contributed by atoms with Crippen molar-refractivity contribution in [3.8, 4) is 11.3 Å². The Morgan fingerprint density at radius 1 is 1.18 bits per heavy atom. The van der Waals surface area contributed by atoms with Gasteiger partial charge in [0.05, 0.1) is 0 Å². The minimum Gasteiger partial charge on any atom is -0.355 e. The molecule has 0 spiro atoms. The predicted molar refractivity (Wildman–Crippen MR) is 83.3 cm³/mol. The average Bonchev–Trinajstić information content (AvgIpc) is 3.01. The molecular formula is C17H21N3O2. The van der Waals surface area contributed by atoms with Gasteiger partial charge in [-0.15, -0.1) is 0 Å². The van der Waals surface area contributed by atoms with Crippen LogP contribution in [0.15, 0.2) is 35.1 Å². The van der Waals surface area contributed by atoms with Crippen LogP contribution in [-0.2, 0) is 0 Å². The lowest BCUT2D eigenvalue weighted by molar-refractivity contribution is 0.0921. The minimum absolute atomic E-state index is 0.149. The summed E-state index contributed by atoms with van der Waals surface area (Å²) in [5.41, 5.74) is 1.15. The molecule has 2 aromatic rings. The van der Waals surface area contributed by atoms with Crippen LogP contribution in [0.1, 0.15) is 55.4 Å². The quantitative estimate of drug-likeness (QED) is 0.940. The van der Waals surface area contributed by atoms with Crippen LogP contribution in [0.4, 0.5) is 0 Å². The molecule has 1 fully saturated rings. The van der Waals surface area contributed by atoms with Gasteiger partial charge in [-0.2, -0.15) is 0 Å². The Morgan fingerprint density at radius 3 is 2.68 bits per heavy atom. The highest BCUT2D eigenvalue weighted by Crippen LogP contribution is 2.20. The summed E-state index contributed by atoms with van der Waals surface area (Å²) in [5, 5.41) is 6.98. The molecule has 5 heteroatoms. The third-order valence-electron chi connectivity index (χ3n) is 4.13. The molecule has 1 aliphatic carbocycles. The van der Waals surface area contributed by atoms with Crippen molar-refractivity contribution < 1.29 is 9.32 Å². The summed E-state index contributed by atoms with van der Waals surface area (Å²) >= 11 is 0. The van der Waals surface area contributed by atoms with Gasteiger partial charge in [-0.25, -0.2) is 0 Å². The van der Waals surface area contributed by atoms with Crippen molar-refractivity contribution in [2.45, 2.75) is 51.0 Å². The van der Waals surface area contributed by atoms with Gasteiger partial charge >= 0.3 is 0 Å². The maximum absolute atomic E-state index is 12.3. The molecule has 5 nitrogen and oxygen atoms in total. The van der Waals surface area contributed by atoms with Gasteiger partial charge in [0.25, 0.3) is 5.91 Å². The second-order valence-corrected chi connectivity index (χ2v) is 5.83. The van der Waals surface area contributed by atoms with Crippen LogP contribution in [0.25, 0.3) is 11.3 Å². The van der Waals surface area contributed by atoms with Crippen molar-refractivity contribution in [1.82, 2.24) is 15.5 Å². The zero-order valence-electron chi connectivity index (χ0n) is 12.6. The maximum Gasteiger partial charge on any atom is 0.273 e. The molecule has 1 aliphatic rings. The fourth-order valence-electron chi connectivity index (χ4n) is 2.89. The van der Waals surface area contributed by atoms with E-state index in [1.54, 1.807) is 18.5 Å². The first kappa shape index (κ1) is 14.8. The lowest BCUT2D eigenvalue weighted by Crippen LogP contribution is -2.35. The summed E-state index contributed by atoms with van der Waals surface area (Å²) < 4.78 is 5.25. The van der Waals surface area contributed by atoms with Gasteiger partial charge in [0.2, 0.25) is 0 Å². The first-order chi connectivity index (χ1) is 10.8. The fourth-order valence-corrected chi connectivity index (χ4v) is 2.89. The Balaban J connectivity index is 1.64. The third-order valence-corrected chi connectivity index (χ3v) is 4.13. The van der Waals surface area contributed by atoms with Crippen molar-refractivity contribution in [3.05, 3.63) is 36.3 Å². The SMILES string of the molecule is O=C(NC1CCCCCCC1)c1cc(-c2cccnc2)on1. The number of rotatable bonds is 3. The van der Waals surface area contributed by atoms with Gasteiger partial charge in [-0.3, -0.25) is 9.78 Å². The average molecular weight is 299 g/mol. The molecule has 0 unspecified atom stereocenters. The van der Waals surface area contributed by atoms with Gasteiger partial charge < -0.3 is 9.84 Å². The van der Waals surface area contributed by atoms with Crippen LogP contribution >= 0.6 is 0 Å². The first-order valence-electron chi connectivity index (χ1n) is 8.01. The number of hydrogen-bond acceptors (Lipinski definition) is 4. The summed E-state index contributed by atoms with van der Waals surface area (Å²) in [4.78, 5) is 16.3. The second-order valence-electron chi connectivity index (χ2n) is 5.83. The zero-order chi connectivity index (χ0) is 15.2. The standard InChI is InChI=1S/C17H21N3O2/c21-17(19-14-8-4-2-1-3-5-9-14)15-11-16(22-20-15)13-7-6-10-18-12-13/h6-7,10-12,14H,1-5,8-9H2,(H,19,21). The van der Waals surface area contributed by atoms with Crippen molar-refractivity contribution in [2.75, 3.05) is 0 Å². The molecule has 0 radical (unpaired) electrons. The van der Waals surface area contributed by atoms with Crippen LogP contribution in [0.2, 0.25) is 0 Å². The maximum atomic E-state index is 12.3. The van der Waals surface area contributed by atoms with E-state index in [0.29, 0.717) is 11.5 Å². The highest BCUT2D eigenvalue weighted by atomic mass is 16.5. The van der Waals surface area contributed by atoms with Crippen LogP contribution in [-0.4, -0.2) is 22.1 Å². The number of pyridine rings is 1. The van der Waals surface area contributed by atoms with E-state index < -0.39 is 0 Å². The highest BCUT2D eigenvalue weighted by molar-refractivity contribution is 5.93. The molecule has 1 saturated carbocycles. The molecule has 0 saturated heterocycles. The lowest BCUT2D eigenvalue weighted by Gasteiger charge is -2.20. The Kier molecular flexibility index (Phi) is 4.83. The number of amides is 1. The van der Waals surface area contributed by atoms with E-state index in [4.69, 9.17) is 4.52 Å². The Bertz CT molecular complexity index is 601. The molecule has 2 aromatic heterocycles. The van der Waals surface area contributed by atoms with Crippen molar-refractivity contribution in [1.29, 1.82) is 0 Å². The summed E-state index contributed by atoms with van der Waals surface area (Å²) in [6, 6.07) is 5.64. The Labute approximate surface area is 130 Å². The van der Waals surface area contributed by atoms with Crippen LogP contribution in [0, 0.1) is 0 Å². The van der Waals surface area contributed by atoms with Crippen molar-refractivity contribution >= 4 is 5.91 Å². The van der Waals surface area contributed by atoms with E-state index in [-0.39, 0.29) is 11.9 Å². The van der Waals surface area contributed by atoms with E-state index >= 15 is 0 Å². The van der Waals surface area contributed by atoms with Gasteiger partial charge in [0.1, 0.15) is 0 Å². The molecule has 3 rings (SSSR count). The predicted octanol–water partition coefficient (Wildman–Crippen LogP) is 3.58. The topological polar surface area (TPSA) is 68.0 Å². The Hall–Kier alpha value is -2.17. The minimum atomic E-state index is -0.149. The molecule has 0 bridgehead atoms. The normalized spacial score (nSPS) is 16.7. The van der Waals surface area contributed by atoms with E-state index in [2.05, 4.69) is 15.5 Å². The van der Waals surface area contributed by atoms with Crippen molar-refractivity contribution in [2.24, 2.45) is 0 Å². The van der Waals surface area contributed by atoms with Crippen LogP contribution in [0.3, 0.4) is 0 Å². The van der Waals surface area contributed by atoms with E-state index in [1.165, 1.54) is 32.1 Å². The number of nitrogens with one attached hydrogen (secondary N) is 1. The molecule has 0 aromatic carbocycles. The van der Waals surface area contributed by atoms with Crippen LogP contribution in [0.5, 0.6) is 0 Å². The number of hydrogen-bond donors (Lipinski definition) is 1. The second kappa shape index (κ2) is 7.20. The number of carbonyl (C=O) groups is 1. The molecule has 1 N–H and O–H groups in total. The van der Waals surface area contributed by atoms with Gasteiger partial charge in [-0.1, -0.05) is 37.3 Å². The van der Waals surface area contributed by atoms with Gasteiger partial charge in [0.15, 0.2) is 11.5 Å². The highest BCUT2D eigenvalue weighted by Gasteiger charge is 2.18. The third kappa shape index (κ3) is 3.72. The smallest absolute Gasteiger partial charge is 0.273 e. The first-order valence-corrected chi connectivity index (χ1v) is 8.01. The summed E-state index contributed by atoms with van der Waals surface area (Å²) in [7, 11) is 0.